The summed E-state index contributed by atoms with van der Waals surface area (Å²) in [5.74, 6) is 1.46. The fourth-order valence-corrected chi connectivity index (χ4v) is 2.95. The molecule has 1 aromatic rings. The van der Waals surface area contributed by atoms with Gasteiger partial charge >= 0.3 is 5.69 Å². The molecule has 0 saturated heterocycles. The molecule has 19 heavy (non-hydrogen) atoms. The van der Waals surface area contributed by atoms with Crippen molar-refractivity contribution in [3.05, 3.63) is 28.1 Å². The van der Waals surface area contributed by atoms with Crippen molar-refractivity contribution in [2.45, 2.75) is 26.1 Å². The minimum atomic E-state index is -1.58. The van der Waals surface area contributed by atoms with Gasteiger partial charge < -0.3 is 9.33 Å². The Labute approximate surface area is 112 Å². The summed E-state index contributed by atoms with van der Waals surface area (Å²) in [7, 11) is -1.58. The molecule has 8 heteroatoms. The standard InChI is InChI=1S/C11H18N4O3Si/c1-19(2,3)18-9-4-6-14(7-5-9)11-10(15(16)17)8-12-13-11/h4,8H,5-7H2,1-3H3,(H,12,13). The lowest BCUT2D eigenvalue weighted by Gasteiger charge is -2.29. The fraction of sp³-hybridized carbons (Fsp3) is 0.545. The van der Waals surface area contributed by atoms with Crippen LogP contribution in [0.3, 0.4) is 0 Å². The highest BCUT2D eigenvalue weighted by atomic mass is 28.4. The van der Waals surface area contributed by atoms with Crippen molar-refractivity contribution in [3.63, 3.8) is 0 Å². The van der Waals surface area contributed by atoms with Crippen LogP contribution in [-0.2, 0) is 4.43 Å². The number of anilines is 1. The summed E-state index contributed by atoms with van der Waals surface area (Å²) < 4.78 is 5.94. The van der Waals surface area contributed by atoms with Crippen molar-refractivity contribution in [3.8, 4) is 0 Å². The lowest BCUT2D eigenvalue weighted by atomic mass is 10.2. The van der Waals surface area contributed by atoms with Crippen LogP contribution >= 0.6 is 0 Å². The van der Waals surface area contributed by atoms with Gasteiger partial charge in [-0.25, -0.2) is 0 Å². The Morgan fingerprint density at radius 3 is 2.79 bits per heavy atom. The molecule has 2 heterocycles. The van der Waals surface area contributed by atoms with Crippen LogP contribution in [-0.4, -0.2) is 36.5 Å². The lowest BCUT2D eigenvalue weighted by molar-refractivity contribution is -0.384. The Kier molecular flexibility index (Phi) is 3.61. The third kappa shape index (κ3) is 3.34. The number of nitrogens with zero attached hydrogens (tertiary/aromatic N) is 3. The smallest absolute Gasteiger partial charge is 0.330 e. The van der Waals surface area contributed by atoms with Crippen LogP contribution in [0, 0.1) is 10.1 Å². The van der Waals surface area contributed by atoms with Gasteiger partial charge in [0.25, 0.3) is 0 Å². The number of rotatable bonds is 4. The van der Waals surface area contributed by atoms with Crippen LogP contribution in [0.2, 0.25) is 19.6 Å². The Hall–Kier alpha value is -1.83. The highest BCUT2D eigenvalue weighted by Gasteiger charge is 2.25. The fourth-order valence-electron chi connectivity index (χ4n) is 1.98. The highest BCUT2D eigenvalue weighted by molar-refractivity contribution is 6.70. The minimum Gasteiger partial charge on any atom is -0.547 e. The molecule has 0 spiro atoms. The summed E-state index contributed by atoms with van der Waals surface area (Å²) in [6.07, 6.45) is 4.00. The summed E-state index contributed by atoms with van der Waals surface area (Å²) in [5.41, 5.74) is 0.0166. The second-order valence-electron chi connectivity index (χ2n) is 5.44. The zero-order valence-corrected chi connectivity index (χ0v) is 12.3. The van der Waals surface area contributed by atoms with E-state index >= 15 is 0 Å². The number of aromatic amines is 1. The van der Waals surface area contributed by atoms with E-state index in [1.165, 1.54) is 6.20 Å². The SMILES string of the molecule is C[Si](C)(C)OC1=CCN(c2[nH]ncc2[N+](=O)[O-])CC1. The molecule has 2 rings (SSSR count). The topological polar surface area (TPSA) is 84.3 Å². The molecule has 0 saturated carbocycles. The van der Waals surface area contributed by atoms with E-state index in [1.807, 2.05) is 11.0 Å². The largest absolute Gasteiger partial charge is 0.547 e. The third-order valence-electron chi connectivity index (χ3n) is 2.72. The van der Waals surface area contributed by atoms with Crippen LogP contribution in [0.1, 0.15) is 6.42 Å². The molecule has 1 aliphatic rings. The number of aromatic nitrogens is 2. The van der Waals surface area contributed by atoms with Gasteiger partial charge in [-0.2, -0.15) is 5.10 Å². The first kappa shape index (κ1) is 13.6. The molecule has 104 valence electrons. The summed E-state index contributed by atoms with van der Waals surface area (Å²) >= 11 is 0. The summed E-state index contributed by atoms with van der Waals surface area (Å²) in [6.45, 7) is 7.71. The number of hydrogen-bond donors (Lipinski definition) is 1. The van der Waals surface area contributed by atoms with E-state index in [0.717, 1.165) is 12.2 Å². The quantitative estimate of drug-likeness (QED) is 0.520. The van der Waals surface area contributed by atoms with E-state index < -0.39 is 13.2 Å². The van der Waals surface area contributed by atoms with Crippen molar-refractivity contribution in [1.82, 2.24) is 10.2 Å². The minimum absolute atomic E-state index is 0.0166. The molecule has 0 amide bonds. The molecule has 0 bridgehead atoms. The van der Waals surface area contributed by atoms with Crippen LogP contribution in [0.25, 0.3) is 0 Å². The third-order valence-corrected chi connectivity index (χ3v) is 3.59. The maximum Gasteiger partial charge on any atom is 0.330 e. The van der Waals surface area contributed by atoms with Gasteiger partial charge in [-0.1, -0.05) is 0 Å². The molecule has 0 atom stereocenters. The molecule has 1 aromatic heterocycles. The van der Waals surface area contributed by atoms with E-state index in [9.17, 15) is 10.1 Å². The number of nitro groups is 1. The predicted molar refractivity (Wildman–Crippen MR) is 74.6 cm³/mol. The molecule has 0 radical (unpaired) electrons. The maximum absolute atomic E-state index is 10.9. The monoisotopic (exact) mass is 282 g/mol. The van der Waals surface area contributed by atoms with Crippen molar-refractivity contribution in [2.24, 2.45) is 0 Å². The predicted octanol–water partition coefficient (Wildman–Crippen LogP) is 2.26. The summed E-state index contributed by atoms with van der Waals surface area (Å²) in [4.78, 5) is 12.3. The normalized spacial score (nSPS) is 16.2. The molecular weight excluding hydrogens is 264 g/mol. The molecular formula is C11H18N4O3Si. The Morgan fingerprint density at radius 1 is 1.53 bits per heavy atom. The molecule has 0 aromatic carbocycles. The van der Waals surface area contributed by atoms with Gasteiger partial charge in [0.05, 0.1) is 10.7 Å². The van der Waals surface area contributed by atoms with Crippen molar-refractivity contribution < 1.29 is 9.35 Å². The van der Waals surface area contributed by atoms with Crippen LogP contribution < -0.4 is 4.90 Å². The first-order valence-electron chi connectivity index (χ1n) is 6.17. The average Bonchev–Trinajstić information content (AvgIpc) is 2.76. The van der Waals surface area contributed by atoms with Crippen molar-refractivity contribution in [2.75, 3.05) is 18.0 Å². The average molecular weight is 282 g/mol. The van der Waals surface area contributed by atoms with Crippen LogP contribution in [0.4, 0.5) is 11.5 Å². The van der Waals surface area contributed by atoms with Gasteiger partial charge in [0, 0.05) is 19.5 Å². The Morgan fingerprint density at radius 2 is 2.26 bits per heavy atom. The van der Waals surface area contributed by atoms with E-state index in [2.05, 4.69) is 29.8 Å². The zero-order valence-electron chi connectivity index (χ0n) is 11.3. The van der Waals surface area contributed by atoms with Crippen molar-refractivity contribution >= 4 is 19.8 Å². The second kappa shape index (κ2) is 5.04. The Bertz CT molecular complexity index is 506. The molecule has 1 aliphatic heterocycles. The van der Waals surface area contributed by atoms with Gasteiger partial charge in [-0.15, -0.1) is 0 Å². The van der Waals surface area contributed by atoms with Crippen molar-refractivity contribution in [1.29, 1.82) is 0 Å². The van der Waals surface area contributed by atoms with Gasteiger partial charge in [0.15, 0.2) is 0 Å². The number of H-pyrrole nitrogens is 1. The maximum atomic E-state index is 10.9. The molecule has 0 fully saturated rings. The molecule has 7 nitrogen and oxygen atoms in total. The lowest BCUT2D eigenvalue weighted by Crippen LogP contribution is -2.33. The van der Waals surface area contributed by atoms with Gasteiger partial charge in [0.2, 0.25) is 14.1 Å². The first-order valence-corrected chi connectivity index (χ1v) is 9.58. The first-order chi connectivity index (χ1) is 8.87. The molecule has 0 aliphatic carbocycles. The molecule has 1 N–H and O–H groups in total. The summed E-state index contributed by atoms with van der Waals surface area (Å²) in [6, 6.07) is 0. The zero-order chi connectivity index (χ0) is 14.0. The van der Waals surface area contributed by atoms with Crippen LogP contribution in [0.15, 0.2) is 18.0 Å². The molecule has 0 unspecified atom stereocenters. The van der Waals surface area contributed by atoms with Gasteiger partial charge in [-0.3, -0.25) is 15.2 Å². The summed E-state index contributed by atoms with van der Waals surface area (Å²) in [5, 5.41) is 17.3. The van der Waals surface area contributed by atoms with E-state index in [0.29, 0.717) is 18.9 Å². The van der Waals surface area contributed by atoms with Crippen LogP contribution in [0.5, 0.6) is 0 Å². The number of nitrogens with one attached hydrogen (secondary N) is 1. The van der Waals surface area contributed by atoms with Gasteiger partial charge in [0.1, 0.15) is 6.20 Å². The van der Waals surface area contributed by atoms with Gasteiger partial charge in [-0.05, 0) is 25.7 Å². The number of hydrogen-bond acceptors (Lipinski definition) is 5. The van der Waals surface area contributed by atoms with E-state index in [-0.39, 0.29) is 5.69 Å². The highest BCUT2D eigenvalue weighted by Crippen LogP contribution is 2.27. The second-order valence-corrected chi connectivity index (χ2v) is 9.87. The van der Waals surface area contributed by atoms with E-state index in [1.54, 1.807) is 0 Å². The van der Waals surface area contributed by atoms with E-state index in [4.69, 9.17) is 4.43 Å². The Balaban J connectivity index is 2.07.